The topological polar surface area (TPSA) is 59.0 Å². The van der Waals surface area contributed by atoms with Crippen LogP contribution in [0.5, 0.6) is 0 Å². The molecule has 22 heavy (non-hydrogen) atoms. The van der Waals surface area contributed by atoms with Gasteiger partial charge in [0.05, 0.1) is 18.4 Å². The molecule has 3 rings (SSSR count). The molecule has 6 heteroatoms. The van der Waals surface area contributed by atoms with Gasteiger partial charge in [0.25, 0.3) is 5.91 Å². The smallest absolute Gasteiger partial charge is 0.265 e. The molecule has 3 aromatic rings. The zero-order valence-corrected chi connectivity index (χ0v) is 12.8. The Bertz CT molecular complexity index is 758. The number of nitrogens with zero attached hydrogens (tertiary/aromatic N) is 4. The summed E-state index contributed by atoms with van der Waals surface area (Å²) in [5.74, 6) is -0.0571. The molecule has 0 aliphatic rings. The summed E-state index contributed by atoms with van der Waals surface area (Å²) in [5, 5.41) is 0.794. The van der Waals surface area contributed by atoms with Crippen molar-refractivity contribution in [1.29, 1.82) is 0 Å². The first-order chi connectivity index (χ1) is 10.7. The minimum atomic E-state index is -0.0571. The van der Waals surface area contributed by atoms with Crippen LogP contribution < -0.4 is 0 Å². The normalized spacial score (nSPS) is 10.4. The number of hydrogen-bond acceptors (Lipinski definition) is 5. The molecule has 0 aliphatic heterocycles. The molecule has 0 spiro atoms. The second-order valence-corrected chi connectivity index (χ2v) is 5.78. The average Bonchev–Trinajstić information content (AvgIpc) is 3.06. The van der Waals surface area contributed by atoms with E-state index < -0.39 is 0 Å². The van der Waals surface area contributed by atoms with E-state index >= 15 is 0 Å². The van der Waals surface area contributed by atoms with Crippen LogP contribution in [0.4, 0.5) is 0 Å². The largest absolute Gasteiger partial charge is 0.335 e. The van der Waals surface area contributed by atoms with Gasteiger partial charge in [0.2, 0.25) is 0 Å². The van der Waals surface area contributed by atoms with Crippen molar-refractivity contribution in [2.45, 2.75) is 6.54 Å². The molecule has 3 aromatic heterocycles. The van der Waals surface area contributed by atoms with Gasteiger partial charge in [0.1, 0.15) is 9.88 Å². The van der Waals surface area contributed by atoms with Crippen LogP contribution in [0.1, 0.15) is 15.4 Å². The second-order valence-electron chi connectivity index (χ2n) is 4.75. The van der Waals surface area contributed by atoms with Gasteiger partial charge in [-0.15, -0.1) is 11.3 Å². The Hall–Kier alpha value is -2.60. The van der Waals surface area contributed by atoms with Crippen molar-refractivity contribution in [3.8, 4) is 10.6 Å². The van der Waals surface area contributed by atoms with Crippen LogP contribution in [0.15, 0.2) is 55.1 Å². The zero-order valence-electron chi connectivity index (χ0n) is 12.0. The summed E-state index contributed by atoms with van der Waals surface area (Å²) in [7, 11) is 1.76. The monoisotopic (exact) mass is 310 g/mol. The van der Waals surface area contributed by atoms with Crippen LogP contribution in [0.3, 0.4) is 0 Å². The quantitative estimate of drug-likeness (QED) is 0.743. The molecule has 0 unspecified atom stereocenters. The molecule has 0 aromatic carbocycles. The maximum atomic E-state index is 12.4. The van der Waals surface area contributed by atoms with Gasteiger partial charge in [-0.1, -0.05) is 6.07 Å². The first-order valence-electron chi connectivity index (χ1n) is 6.75. The highest BCUT2D eigenvalue weighted by Crippen LogP contribution is 2.25. The molecule has 110 valence electrons. The molecule has 5 nitrogen and oxygen atoms in total. The molecule has 0 aliphatic carbocycles. The molecule has 0 bridgehead atoms. The maximum absolute atomic E-state index is 12.4. The van der Waals surface area contributed by atoms with Crippen molar-refractivity contribution in [1.82, 2.24) is 19.9 Å². The standard InChI is InChI=1S/C16H14N4OS/c1-20(11-13-6-2-3-8-18-13)16(21)14-10-19-15(22-14)12-5-4-7-17-9-12/h2-10H,11H2,1H3. The average molecular weight is 310 g/mol. The molecule has 0 atom stereocenters. The number of carbonyl (C=O) groups is 1. The van der Waals surface area contributed by atoms with Gasteiger partial charge in [-0.3, -0.25) is 14.8 Å². The van der Waals surface area contributed by atoms with Crippen LogP contribution in [0, 0.1) is 0 Å². The van der Waals surface area contributed by atoms with E-state index in [9.17, 15) is 4.79 Å². The summed E-state index contributed by atoms with van der Waals surface area (Å²) in [4.78, 5) is 27.3. The third-order valence-electron chi connectivity index (χ3n) is 3.10. The van der Waals surface area contributed by atoms with Gasteiger partial charge in [-0.05, 0) is 24.3 Å². The van der Waals surface area contributed by atoms with Crippen molar-refractivity contribution >= 4 is 17.2 Å². The predicted octanol–water partition coefficient (Wildman–Crippen LogP) is 2.87. The Morgan fingerprint density at radius 2 is 2.05 bits per heavy atom. The highest BCUT2D eigenvalue weighted by atomic mass is 32.1. The van der Waals surface area contributed by atoms with Gasteiger partial charge in [-0.25, -0.2) is 4.98 Å². The molecular formula is C16H14N4OS. The zero-order chi connectivity index (χ0) is 15.4. The lowest BCUT2D eigenvalue weighted by molar-refractivity contribution is 0.0788. The van der Waals surface area contributed by atoms with Gasteiger partial charge < -0.3 is 4.90 Å². The van der Waals surface area contributed by atoms with E-state index in [1.165, 1.54) is 11.3 Å². The Morgan fingerprint density at radius 3 is 2.77 bits per heavy atom. The van der Waals surface area contributed by atoms with Gasteiger partial charge in [0.15, 0.2) is 0 Å². The number of aromatic nitrogens is 3. The Labute approximate surface area is 132 Å². The third kappa shape index (κ3) is 3.17. The minimum absolute atomic E-state index is 0.0571. The van der Waals surface area contributed by atoms with E-state index in [1.807, 2.05) is 30.3 Å². The van der Waals surface area contributed by atoms with E-state index in [2.05, 4.69) is 15.0 Å². The summed E-state index contributed by atoms with van der Waals surface area (Å²) < 4.78 is 0. The molecule has 0 fully saturated rings. The molecule has 3 heterocycles. The van der Waals surface area contributed by atoms with E-state index in [4.69, 9.17) is 0 Å². The number of thiazole rings is 1. The van der Waals surface area contributed by atoms with Crippen molar-refractivity contribution < 1.29 is 4.79 Å². The lowest BCUT2D eigenvalue weighted by Crippen LogP contribution is -2.25. The van der Waals surface area contributed by atoms with Crippen molar-refractivity contribution in [2.75, 3.05) is 7.05 Å². The number of rotatable bonds is 4. The van der Waals surface area contributed by atoms with Gasteiger partial charge in [-0.2, -0.15) is 0 Å². The van der Waals surface area contributed by atoms with Crippen molar-refractivity contribution in [3.05, 3.63) is 65.7 Å². The molecule has 0 N–H and O–H groups in total. The summed E-state index contributed by atoms with van der Waals surface area (Å²) in [6.45, 7) is 0.472. The lowest BCUT2D eigenvalue weighted by Gasteiger charge is -2.15. The third-order valence-corrected chi connectivity index (χ3v) is 4.13. The molecule has 0 saturated carbocycles. The molecule has 1 amide bonds. The Kier molecular flexibility index (Phi) is 4.20. The fourth-order valence-corrected chi connectivity index (χ4v) is 2.89. The van der Waals surface area contributed by atoms with Gasteiger partial charge in [0, 0.05) is 31.2 Å². The maximum Gasteiger partial charge on any atom is 0.265 e. The first kappa shape index (κ1) is 14.3. The van der Waals surface area contributed by atoms with Crippen molar-refractivity contribution in [2.24, 2.45) is 0 Å². The molecular weight excluding hydrogens is 296 g/mol. The van der Waals surface area contributed by atoms with Crippen LogP contribution >= 0.6 is 11.3 Å². The number of carbonyl (C=O) groups excluding carboxylic acids is 1. The van der Waals surface area contributed by atoms with E-state index in [-0.39, 0.29) is 5.91 Å². The van der Waals surface area contributed by atoms with Gasteiger partial charge >= 0.3 is 0 Å². The lowest BCUT2D eigenvalue weighted by atomic mass is 10.3. The summed E-state index contributed by atoms with van der Waals surface area (Å²) in [5.41, 5.74) is 1.77. The number of pyridine rings is 2. The van der Waals surface area contributed by atoms with Crippen LogP contribution in [-0.2, 0) is 6.54 Å². The van der Waals surface area contributed by atoms with E-state index in [1.54, 1.807) is 36.7 Å². The van der Waals surface area contributed by atoms with E-state index in [0.29, 0.717) is 11.4 Å². The summed E-state index contributed by atoms with van der Waals surface area (Å²) in [6, 6.07) is 9.45. The predicted molar refractivity (Wildman–Crippen MR) is 85.4 cm³/mol. The number of hydrogen-bond donors (Lipinski definition) is 0. The second kappa shape index (κ2) is 6.44. The Balaban J connectivity index is 1.74. The van der Waals surface area contributed by atoms with E-state index in [0.717, 1.165) is 16.3 Å². The highest BCUT2D eigenvalue weighted by molar-refractivity contribution is 7.16. The summed E-state index contributed by atoms with van der Waals surface area (Å²) >= 11 is 1.37. The number of amides is 1. The highest BCUT2D eigenvalue weighted by Gasteiger charge is 2.16. The van der Waals surface area contributed by atoms with Crippen LogP contribution in [0.2, 0.25) is 0 Å². The first-order valence-corrected chi connectivity index (χ1v) is 7.57. The SMILES string of the molecule is CN(Cc1ccccn1)C(=O)c1cnc(-c2cccnc2)s1. The Morgan fingerprint density at radius 1 is 1.14 bits per heavy atom. The summed E-state index contributed by atoms with van der Waals surface area (Å²) in [6.07, 6.45) is 6.79. The minimum Gasteiger partial charge on any atom is -0.335 e. The van der Waals surface area contributed by atoms with Crippen molar-refractivity contribution in [3.63, 3.8) is 0 Å². The van der Waals surface area contributed by atoms with Crippen LogP contribution in [0.25, 0.3) is 10.6 Å². The molecule has 0 radical (unpaired) electrons. The fraction of sp³-hybridized carbons (Fsp3) is 0.125. The van der Waals surface area contributed by atoms with Crippen LogP contribution in [-0.4, -0.2) is 32.8 Å². The fourth-order valence-electron chi connectivity index (χ4n) is 1.99. The molecule has 0 saturated heterocycles.